The van der Waals surface area contributed by atoms with E-state index in [2.05, 4.69) is 26.2 Å². The Morgan fingerprint density at radius 2 is 2.07 bits per heavy atom. The van der Waals surface area contributed by atoms with Gasteiger partial charge in [-0.25, -0.2) is 4.98 Å². The predicted molar refractivity (Wildman–Crippen MR) is 103 cm³/mol. The lowest BCUT2D eigenvalue weighted by Gasteiger charge is -2.36. The lowest BCUT2D eigenvalue weighted by atomic mass is 9.90. The zero-order valence-corrected chi connectivity index (χ0v) is 17.1. The molecule has 1 aliphatic carbocycles. The number of pyridine rings is 1. The molecule has 3 heterocycles. The third-order valence-electron chi connectivity index (χ3n) is 5.99. The number of nitrogens with zero attached hydrogens (tertiary/aromatic N) is 3. The highest BCUT2D eigenvalue weighted by Gasteiger charge is 2.57. The van der Waals surface area contributed by atoms with Gasteiger partial charge < -0.3 is 14.8 Å². The Labute approximate surface area is 173 Å². The first-order valence-electron chi connectivity index (χ1n) is 9.48. The number of likely N-dealkylation sites (tertiary alicyclic amines) is 1. The molecule has 1 aliphatic heterocycles. The molecule has 4 rings (SSSR count). The normalized spacial score (nSPS) is 28.6. The van der Waals surface area contributed by atoms with E-state index in [9.17, 15) is 18.3 Å². The molecule has 1 unspecified atom stereocenters. The van der Waals surface area contributed by atoms with E-state index in [1.807, 2.05) is 6.07 Å². The third kappa shape index (κ3) is 3.83. The SMILES string of the molecule is N#Cc1cc2c(Br)c(NC3CCC(N4CCC(O)(C(F)(F)F)C4)CC3)ncc2o1. The lowest BCUT2D eigenvalue weighted by Crippen LogP contribution is -2.49. The summed E-state index contributed by atoms with van der Waals surface area (Å²) in [7, 11) is 0. The summed E-state index contributed by atoms with van der Waals surface area (Å²) in [5.41, 5.74) is -2.06. The Balaban J connectivity index is 1.37. The molecule has 2 fully saturated rings. The molecule has 0 spiro atoms. The number of alkyl halides is 3. The molecule has 0 bridgehead atoms. The quantitative estimate of drug-likeness (QED) is 0.696. The fourth-order valence-corrected chi connectivity index (χ4v) is 4.81. The highest BCUT2D eigenvalue weighted by molar-refractivity contribution is 9.10. The number of anilines is 1. The van der Waals surface area contributed by atoms with E-state index in [1.165, 1.54) is 0 Å². The largest absolute Gasteiger partial charge is 0.444 e. The number of nitriles is 1. The lowest BCUT2D eigenvalue weighted by molar-refractivity contribution is -0.254. The van der Waals surface area contributed by atoms with E-state index in [0.29, 0.717) is 11.4 Å². The fraction of sp³-hybridized carbons (Fsp3) is 0.579. The number of nitrogens with one attached hydrogen (secondary N) is 1. The van der Waals surface area contributed by atoms with Crippen molar-refractivity contribution in [2.75, 3.05) is 18.4 Å². The number of hydrogen-bond donors (Lipinski definition) is 2. The topological polar surface area (TPSA) is 85.3 Å². The Bertz CT molecular complexity index is 949. The van der Waals surface area contributed by atoms with Gasteiger partial charge in [-0.2, -0.15) is 18.4 Å². The van der Waals surface area contributed by atoms with Crippen LogP contribution in [0.15, 0.2) is 21.2 Å². The van der Waals surface area contributed by atoms with Crippen molar-refractivity contribution in [3.63, 3.8) is 0 Å². The minimum Gasteiger partial charge on any atom is -0.444 e. The van der Waals surface area contributed by atoms with Crippen molar-refractivity contribution in [1.82, 2.24) is 9.88 Å². The average molecular weight is 473 g/mol. The Morgan fingerprint density at radius 3 is 2.69 bits per heavy atom. The fourth-order valence-electron chi connectivity index (χ4n) is 4.28. The van der Waals surface area contributed by atoms with Gasteiger partial charge in [0.15, 0.2) is 11.2 Å². The van der Waals surface area contributed by atoms with Crippen LogP contribution < -0.4 is 5.32 Å². The van der Waals surface area contributed by atoms with E-state index in [4.69, 9.17) is 9.68 Å². The zero-order valence-electron chi connectivity index (χ0n) is 15.5. The maximum absolute atomic E-state index is 13.0. The summed E-state index contributed by atoms with van der Waals surface area (Å²) >= 11 is 3.51. The van der Waals surface area contributed by atoms with Crippen LogP contribution >= 0.6 is 15.9 Å². The highest BCUT2D eigenvalue weighted by atomic mass is 79.9. The van der Waals surface area contributed by atoms with Crippen LogP contribution in [0.5, 0.6) is 0 Å². The average Bonchev–Trinajstić information content (AvgIpc) is 3.29. The van der Waals surface area contributed by atoms with Crippen molar-refractivity contribution >= 4 is 32.7 Å². The minimum atomic E-state index is -4.59. The van der Waals surface area contributed by atoms with E-state index < -0.39 is 11.8 Å². The number of furan rings is 1. The monoisotopic (exact) mass is 472 g/mol. The molecule has 2 aromatic rings. The molecule has 0 radical (unpaired) electrons. The van der Waals surface area contributed by atoms with Gasteiger partial charge in [-0.15, -0.1) is 0 Å². The molecule has 1 saturated heterocycles. The summed E-state index contributed by atoms with van der Waals surface area (Å²) < 4.78 is 45.2. The Morgan fingerprint density at radius 1 is 1.34 bits per heavy atom. The summed E-state index contributed by atoms with van der Waals surface area (Å²) in [6, 6.07) is 3.82. The molecule has 2 N–H and O–H groups in total. The molecule has 10 heteroatoms. The van der Waals surface area contributed by atoms with Crippen molar-refractivity contribution < 1.29 is 22.7 Å². The van der Waals surface area contributed by atoms with Gasteiger partial charge in [0.05, 0.1) is 10.7 Å². The molecular formula is C19H20BrF3N4O2. The maximum atomic E-state index is 13.0. The molecule has 6 nitrogen and oxygen atoms in total. The van der Waals surface area contributed by atoms with Gasteiger partial charge >= 0.3 is 6.18 Å². The minimum absolute atomic E-state index is 0.0513. The highest BCUT2D eigenvalue weighted by Crippen LogP contribution is 2.40. The van der Waals surface area contributed by atoms with Crippen LogP contribution in [0, 0.1) is 11.3 Å². The molecule has 2 aliphatic rings. The van der Waals surface area contributed by atoms with Gasteiger partial charge in [0, 0.05) is 36.6 Å². The summed E-state index contributed by atoms with van der Waals surface area (Å²) in [5.74, 6) is 0.864. The molecule has 29 heavy (non-hydrogen) atoms. The van der Waals surface area contributed by atoms with Crippen LogP contribution in [0.1, 0.15) is 37.9 Å². The number of halogens is 4. The van der Waals surface area contributed by atoms with Crippen LogP contribution in [0.25, 0.3) is 11.0 Å². The Kier molecular flexibility index (Phi) is 5.25. The second kappa shape index (κ2) is 7.45. The number of fused-ring (bicyclic) bond motifs is 1. The summed E-state index contributed by atoms with van der Waals surface area (Å²) in [6.07, 6.45) is -0.168. The standard InChI is InChI=1S/C19H20BrF3N4O2/c20-16-14-7-13(8-24)29-15(14)9-25-17(16)26-11-1-3-12(4-2-11)27-6-5-18(28,10-27)19(21,22)23/h7,9,11-12,28H,1-6,10H2,(H,25,26). The number of β-amino-alcohol motifs (C(OH)–C–C–N with tert-alkyl or cyclic N) is 1. The summed E-state index contributed by atoms with van der Waals surface area (Å²) in [5, 5.41) is 23.0. The van der Waals surface area contributed by atoms with Gasteiger partial charge in [0.1, 0.15) is 11.9 Å². The third-order valence-corrected chi connectivity index (χ3v) is 6.79. The van der Waals surface area contributed by atoms with Crippen molar-refractivity contribution in [2.45, 2.75) is 56.0 Å². The van der Waals surface area contributed by atoms with Crippen LogP contribution in [0.4, 0.5) is 19.0 Å². The zero-order chi connectivity index (χ0) is 20.8. The number of rotatable bonds is 3. The second-order valence-electron chi connectivity index (χ2n) is 7.82. The van der Waals surface area contributed by atoms with Crippen LogP contribution in [-0.2, 0) is 0 Å². The molecular weight excluding hydrogens is 453 g/mol. The van der Waals surface area contributed by atoms with Gasteiger partial charge in [0.25, 0.3) is 0 Å². The Hall–Kier alpha value is -1.83. The van der Waals surface area contributed by atoms with E-state index in [0.717, 1.165) is 35.5 Å². The van der Waals surface area contributed by atoms with Crippen molar-refractivity contribution in [2.24, 2.45) is 0 Å². The van der Waals surface area contributed by atoms with E-state index in [-0.39, 0.29) is 37.4 Å². The maximum Gasteiger partial charge on any atom is 0.418 e. The van der Waals surface area contributed by atoms with Crippen LogP contribution in [0.3, 0.4) is 0 Å². The van der Waals surface area contributed by atoms with Crippen molar-refractivity contribution in [1.29, 1.82) is 5.26 Å². The molecule has 0 amide bonds. The summed E-state index contributed by atoms with van der Waals surface area (Å²) in [6.45, 7) is -0.0744. The van der Waals surface area contributed by atoms with Crippen LogP contribution in [0.2, 0.25) is 0 Å². The molecule has 1 atom stereocenters. The smallest absolute Gasteiger partial charge is 0.418 e. The summed E-state index contributed by atoms with van der Waals surface area (Å²) in [4.78, 5) is 6.14. The number of aromatic nitrogens is 1. The van der Waals surface area contributed by atoms with Gasteiger partial charge in [-0.05, 0) is 48.0 Å². The van der Waals surface area contributed by atoms with Gasteiger partial charge in [0.2, 0.25) is 5.76 Å². The van der Waals surface area contributed by atoms with Crippen molar-refractivity contribution in [3.05, 3.63) is 22.5 Å². The van der Waals surface area contributed by atoms with E-state index >= 15 is 0 Å². The number of hydrogen-bond acceptors (Lipinski definition) is 6. The molecule has 0 aromatic carbocycles. The van der Waals surface area contributed by atoms with Gasteiger partial charge in [-0.1, -0.05) is 0 Å². The second-order valence-corrected chi connectivity index (χ2v) is 8.61. The number of aliphatic hydroxyl groups is 1. The van der Waals surface area contributed by atoms with Crippen LogP contribution in [-0.4, -0.2) is 51.9 Å². The molecule has 156 valence electrons. The van der Waals surface area contributed by atoms with E-state index in [1.54, 1.807) is 17.2 Å². The first-order valence-corrected chi connectivity index (χ1v) is 10.3. The predicted octanol–water partition coefficient (Wildman–Crippen LogP) is 4.18. The van der Waals surface area contributed by atoms with Crippen molar-refractivity contribution in [3.8, 4) is 6.07 Å². The molecule has 1 saturated carbocycles. The first kappa shape index (κ1) is 20.4. The molecule has 2 aromatic heterocycles. The van der Waals surface area contributed by atoms with Gasteiger partial charge in [-0.3, -0.25) is 4.90 Å². The first-order chi connectivity index (χ1) is 13.7.